The molecule has 0 N–H and O–H groups in total. The van der Waals surface area contributed by atoms with Crippen LogP contribution in [0.1, 0.15) is 53.4 Å². The monoisotopic (exact) mass is 1170 g/mol. The third-order valence-corrected chi connectivity index (χ3v) is 13.3. The van der Waals surface area contributed by atoms with Crippen LogP contribution in [0.25, 0.3) is 0 Å². The molecule has 4 nitrogen and oxygen atoms in total. The van der Waals surface area contributed by atoms with Crippen molar-refractivity contribution in [2.75, 3.05) is 26.4 Å². The van der Waals surface area contributed by atoms with Crippen molar-refractivity contribution in [3.05, 3.63) is 62.8 Å². The first-order chi connectivity index (χ1) is 23.2. The number of hydrogen-bond donors (Lipinski definition) is 0. The molecule has 256 valence electrons. The fourth-order valence-electron chi connectivity index (χ4n) is 4.64. The molecule has 0 atom stereocenters. The normalized spacial score (nSPS) is 12.5. The van der Waals surface area contributed by atoms with Crippen molar-refractivity contribution in [1.29, 1.82) is 0 Å². The predicted molar refractivity (Wildman–Crippen MR) is 236 cm³/mol. The Hall–Kier alpha value is 0.400. The van der Waals surface area contributed by atoms with Crippen molar-refractivity contribution >= 4 is 137 Å². The van der Waals surface area contributed by atoms with Crippen LogP contribution in [-0.2, 0) is 0 Å². The van der Waals surface area contributed by atoms with Crippen molar-refractivity contribution in [3.8, 4) is 23.0 Å². The lowest BCUT2D eigenvalue weighted by Crippen LogP contribution is -2.03. The standard InChI is InChI=1S/C36H36I4O4S4/c1-5-9-41-33-25-13-21(37)14-26(33)46-28-16-23(39)18-30(35(28)43-11-7-3)48-32-20-24(40)19-31(36(32)44-12-8-4)47-29-17-22(38)15-27(45-25)34(29)42-10-6-2/h13-20H,5-12H2,1-4H3. The molecule has 0 aliphatic carbocycles. The Balaban J connectivity index is 1.83. The van der Waals surface area contributed by atoms with Crippen LogP contribution in [0.4, 0.5) is 0 Å². The van der Waals surface area contributed by atoms with Gasteiger partial charge in [0.1, 0.15) is 23.0 Å². The molecule has 0 spiro atoms. The average Bonchev–Trinajstić information content (AvgIpc) is 3.03. The molecule has 5 rings (SSSR count). The Morgan fingerprint density at radius 1 is 0.354 bits per heavy atom. The second-order valence-corrected chi connectivity index (χ2v) is 20.0. The lowest BCUT2D eigenvalue weighted by molar-refractivity contribution is 0.299. The van der Waals surface area contributed by atoms with Crippen LogP contribution in [0.15, 0.2) is 87.7 Å². The Morgan fingerprint density at radius 2 is 0.521 bits per heavy atom. The first-order valence-electron chi connectivity index (χ1n) is 15.8. The van der Waals surface area contributed by atoms with Gasteiger partial charge >= 0.3 is 0 Å². The van der Waals surface area contributed by atoms with Gasteiger partial charge in [0.25, 0.3) is 0 Å². The quantitative estimate of drug-likeness (QED) is 0.114. The van der Waals surface area contributed by atoms with Crippen molar-refractivity contribution in [2.24, 2.45) is 0 Å². The van der Waals surface area contributed by atoms with E-state index in [2.05, 4.69) is 167 Å². The first kappa shape index (κ1) is 39.6. The largest absolute Gasteiger partial charge is 0.491 e. The van der Waals surface area contributed by atoms with Gasteiger partial charge in [0.2, 0.25) is 0 Å². The summed E-state index contributed by atoms with van der Waals surface area (Å²) in [5, 5.41) is 0. The third-order valence-electron chi connectivity index (χ3n) is 6.62. The second-order valence-electron chi connectivity index (χ2n) is 10.7. The molecule has 0 radical (unpaired) electrons. The molecule has 0 saturated heterocycles. The van der Waals surface area contributed by atoms with Gasteiger partial charge in [-0.2, -0.15) is 0 Å². The van der Waals surface area contributed by atoms with Crippen molar-refractivity contribution in [1.82, 2.24) is 0 Å². The van der Waals surface area contributed by atoms with Crippen molar-refractivity contribution in [3.63, 3.8) is 0 Å². The molecule has 8 bridgehead atoms. The van der Waals surface area contributed by atoms with Gasteiger partial charge in [-0.25, -0.2) is 0 Å². The van der Waals surface area contributed by atoms with Crippen LogP contribution in [-0.4, -0.2) is 26.4 Å². The molecule has 1 heterocycles. The van der Waals surface area contributed by atoms with E-state index in [9.17, 15) is 0 Å². The molecule has 0 aromatic heterocycles. The maximum atomic E-state index is 6.61. The molecular weight excluding hydrogens is 1130 g/mol. The molecule has 0 amide bonds. The minimum Gasteiger partial charge on any atom is -0.491 e. The maximum absolute atomic E-state index is 6.61. The van der Waals surface area contributed by atoms with E-state index in [1.165, 1.54) is 0 Å². The number of hydrogen-bond acceptors (Lipinski definition) is 8. The zero-order valence-corrected chi connectivity index (χ0v) is 38.9. The fourth-order valence-corrected chi connectivity index (χ4v) is 13.6. The van der Waals surface area contributed by atoms with Gasteiger partial charge in [0, 0.05) is 14.3 Å². The second kappa shape index (κ2) is 19.5. The molecule has 1 aliphatic rings. The summed E-state index contributed by atoms with van der Waals surface area (Å²) < 4.78 is 31.0. The van der Waals surface area contributed by atoms with E-state index in [1.807, 2.05) is 0 Å². The van der Waals surface area contributed by atoms with Crippen LogP contribution in [0.2, 0.25) is 0 Å². The highest BCUT2D eigenvalue weighted by molar-refractivity contribution is 14.1. The van der Waals surface area contributed by atoms with E-state index >= 15 is 0 Å². The van der Waals surface area contributed by atoms with E-state index < -0.39 is 0 Å². The summed E-state index contributed by atoms with van der Waals surface area (Å²) in [5.41, 5.74) is 0. The SMILES string of the molecule is CCCOc1c2cc(I)cc1Sc1cc(I)cc(c1OCCC)Sc1cc(I)cc(c1OCCC)Sc1cc(I)cc(c1OCCC)S2. The number of fused-ring (bicyclic) bond motifs is 8. The molecule has 4 aromatic carbocycles. The molecular formula is C36H36I4O4S4. The highest BCUT2D eigenvalue weighted by atomic mass is 127. The van der Waals surface area contributed by atoms with Crippen LogP contribution < -0.4 is 18.9 Å². The molecule has 4 aromatic rings. The minimum atomic E-state index is 0.634. The molecule has 48 heavy (non-hydrogen) atoms. The van der Waals surface area contributed by atoms with Crippen LogP contribution in [0, 0.1) is 14.3 Å². The van der Waals surface area contributed by atoms with E-state index in [-0.39, 0.29) is 0 Å². The summed E-state index contributed by atoms with van der Waals surface area (Å²) in [7, 11) is 0. The van der Waals surface area contributed by atoms with E-state index in [0.717, 1.165) is 102 Å². The lowest BCUT2D eigenvalue weighted by Gasteiger charge is -2.22. The average molecular weight is 1170 g/mol. The van der Waals surface area contributed by atoms with Gasteiger partial charge in [-0.05, 0) is 165 Å². The molecule has 0 fully saturated rings. The summed E-state index contributed by atoms with van der Waals surface area (Å²) in [6.45, 7) is 11.1. The van der Waals surface area contributed by atoms with E-state index in [1.54, 1.807) is 47.0 Å². The number of halogens is 4. The summed E-state index contributed by atoms with van der Waals surface area (Å²) in [6, 6.07) is 17.8. The summed E-state index contributed by atoms with van der Waals surface area (Å²) in [5.74, 6) is 3.61. The number of ether oxygens (including phenoxy) is 4. The van der Waals surface area contributed by atoms with Gasteiger partial charge in [-0.3, -0.25) is 0 Å². The van der Waals surface area contributed by atoms with Gasteiger partial charge in [-0.15, -0.1) is 0 Å². The third kappa shape index (κ3) is 10.3. The van der Waals surface area contributed by atoms with Gasteiger partial charge in [0.05, 0.1) is 65.6 Å². The molecule has 0 unspecified atom stereocenters. The Labute approximate surface area is 356 Å². The molecule has 0 saturated carbocycles. The molecule has 12 heteroatoms. The number of rotatable bonds is 12. The van der Waals surface area contributed by atoms with Gasteiger partial charge < -0.3 is 18.9 Å². The zero-order chi connectivity index (χ0) is 34.2. The lowest BCUT2D eigenvalue weighted by atomic mass is 10.3. The van der Waals surface area contributed by atoms with Crippen LogP contribution >= 0.6 is 137 Å². The zero-order valence-electron chi connectivity index (χ0n) is 27.1. The summed E-state index contributed by atoms with van der Waals surface area (Å²) in [4.78, 5) is 8.59. The van der Waals surface area contributed by atoms with Crippen LogP contribution in [0.3, 0.4) is 0 Å². The van der Waals surface area contributed by atoms with Crippen molar-refractivity contribution < 1.29 is 18.9 Å². The van der Waals surface area contributed by atoms with E-state index in [4.69, 9.17) is 18.9 Å². The van der Waals surface area contributed by atoms with Crippen molar-refractivity contribution in [2.45, 2.75) is 92.5 Å². The Kier molecular flexibility index (Phi) is 16.1. The fraction of sp³-hybridized carbons (Fsp3) is 0.333. The Bertz CT molecular complexity index is 1410. The Morgan fingerprint density at radius 3 is 0.667 bits per heavy atom. The summed E-state index contributed by atoms with van der Waals surface area (Å²) >= 11 is 16.6. The van der Waals surface area contributed by atoms with Gasteiger partial charge in [-0.1, -0.05) is 74.7 Å². The topological polar surface area (TPSA) is 36.9 Å². The summed E-state index contributed by atoms with van der Waals surface area (Å²) in [6.07, 6.45) is 3.68. The molecule has 1 aliphatic heterocycles. The van der Waals surface area contributed by atoms with Gasteiger partial charge in [0.15, 0.2) is 0 Å². The highest BCUT2D eigenvalue weighted by Gasteiger charge is 2.25. The van der Waals surface area contributed by atoms with Crippen LogP contribution in [0.5, 0.6) is 23.0 Å². The highest BCUT2D eigenvalue weighted by Crippen LogP contribution is 2.54. The first-order valence-corrected chi connectivity index (χ1v) is 23.4. The number of benzene rings is 4. The minimum absolute atomic E-state index is 0.634. The van der Waals surface area contributed by atoms with E-state index in [0.29, 0.717) is 26.4 Å². The predicted octanol–water partition coefficient (Wildman–Crippen LogP) is 14.2. The maximum Gasteiger partial charge on any atom is 0.147 e. The smallest absolute Gasteiger partial charge is 0.147 e.